The van der Waals surface area contributed by atoms with E-state index in [0.29, 0.717) is 0 Å². The van der Waals surface area contributed by atoms with Crippen LogP contribution in [0.1, 0.15) is 42.5 Å². The maximum atomic E-state index is 5.47. The summed E-state index contributed by atoms with van der Waals surface area (Å²) in [4.78, 5) is 15.8. The molecule has 2 heterocycles. The Hall–Kier alpha value is -8.68. The summed E-state index contributed by atoms with van der Waals surface area (Å²) in [6, 6.07) is 80.3. The molecule has 13 aromatic rings. The first-order valence-corrected chi connectivity index (χ1v) is 27.5. The highest BCUT2D eigenvalue weighted by Crippen LogP contribution is 2.54. The van der Waals surface area contributed by atoms with Crippen LogP contribution >= 0.6 is 22.7 Å². The number of para-hydroxylation sites is 4. The number of aromatic nitrogens is 2. The average molecular weight is 997 g/mol. The second kappa shape index (κ2) is 17.2. The van der Waals surface area contributed by atoms with Crippen LogP contribution in [-0.4, -0.2) is 9.97 Å². The van der Waals surface area contributed by atoms with Crippen LogP contribution in [0, 0.1) is 0 Å². The van der Waals surface area contributed by atoms with E-state index in [4.69, 9.17) is 9.97 Å². The van der Waals surface area contributed by atoms with Gasteiger partial charge >= 0.3 is 0 Å². The highest BCUT2D eigenvalue weighted by molar-refractivity contribution is 7.22. The van der Waals surface area contributed by atoms with Gasteiger partial charge in [0.15, 0.2) is 0 Å². The largest absolute Gasteiger partial charge is 0.310 e. The molecule has 2 aromatic heterocycles. The van der Waals surface area contributed by atoms with Gasteiger partial charge in [0.2, 0.25) is 0 Å². The van der Waals surface area contributed by atoms with Gasteiger partial charge < -0.3 is 9.80 Å². The van der Waals surface area contributed by atoms with Crippen LogP contribution < -0.4 is 9.80 Å². The smallest absolute Gasteiger partial charge is 0.125 e. The molecular formula is C69H48N4S2. The van der Waals surface area contributed by atoms with E-state index < -0.39 is 0 Å². The second-order valence-electron chi connectivity index (χ2n) is 20.4. The van der Waals surface area contributed by atoms with Gasteiger partial charge in [-0.3, -0.25) is 0 Å². The number of anilines is 6. The Morgan fingerprint density at radius 2 is 0.920 bits per heavy atom. The van der Waals surface area contributed by atoms with Gasteiger partial charge in [-0.1, -0.05) is 141 Å². The topological polar surface area (TPSA) is 32.3 Å². The first-order chi connectivity index (χ1) is 36.9. The number of hydrogen-bond acceptors (Lipinski definition) is 6. The predicted molar refractivity (Wildman–Crippen MR) is 320 cm³/mol. The molecule has 0 amide bonds. The van der Waals surface area contributed by atoms with Gasteiger partial charge in [0.1, 0.15) is 10.0 Å². The highest BCUT2D eigenvalue weighted by Gasteiger charge is 2.37. The van der Waals surface area contributed by atoms with Crippen LogP contribution in [0.15, 0.2) is 224 Å². The van der Waals surface area contributed by atoms with Gasteiger partial charge in [0.05, 0.1) is 20.4 Å². The van der Waals surface area contributed by atoms with Crippen molar-refractivity contribution in [3.05, 3.63) is 247 Å². The van der Waals surface area contributed by atoms with Crippen molar-refractivity contribution in [3.63, 3.8) is 0 Å². The summed E-state index contributed by atoms with van der Waals surface area (Å²) in [6.45, 7) is 4.81. The number of benzene rings is 11. The lowest BCUT2D eigenvalue weighted by atomic mass is 9.80. The Balaban J connectivity index is 0.997. The van der Waals surface area contributed by atoms with Crippen LogP contribution in [0.3, 0.4) is 0 Å². The number of fused-ring (bicyclic) bond motifs is 9. The lowest BCUT2D eigenvalue weighted by Gasteiger charge is -2.29. The molecule has 0 unspecified atom stereocenters. The summed E-state index contributed by atoms with van der Waals surface area (Å²) in [5.74, 6) is 0. The number of allylic oxidation sites excluding steroid dienone is 1. The van der Waals surface area contributed by atoms with E-state index >= 15 is 0 Å². The van der Waals surface area contributed by atoms with E-state index in [1.807, 2.05) is 0 Å². The molecule has 0 N–H and O–H groups in total. The maximum absolute atomic E-state index is 5.47. The molecule has 0 fully saturated rings. The van der Waals surface area contributed by atoms with E-state index in [1.54, 1.807) is 22.7 Å². The molecule has 0 radical (unpaired) electrons. The van der Waals surface area contributed by atoms with Crippen LogP contribution in [0.4, 0.5) is 34.1 Å². The van der Waals surface area contributed by atoms with Crippen molar-refractivity contribution in [3.8, 4) is 32.3 Å². The number of hydrogen-bond donors (Lipinski definition) is 0. The third-order valence-electron chi connectivity index (χ3n) is 15.7. The van der Waals surface area contributed by atoms with Crippen molar-refractivity contribution in [2.75, 3.05) is 9.80 Å². The Labute approximate surface area is 443 Å². The van der Waals surface area contributed by atoms with Gasteiger partial charge in [0.25, 0.3) is 0 Å². The standard InChI is InChI=1S/C69H48N4S2/c1-69(2)59-39-46-20-12-11-19-45(46)38-56(59)53-34-31-52(42-60(53)69)73(48-23-7-4-8-24-48)51-33-36-55-58(41-51)66(68-71-62-26-14-16-28-64(62)75-68)54-35-32-50(40-57(54)65(55)67-70-61-25-13-15-27-63(61)74-67)72(47-21-5-3-6-22-47)49-30-29-43-17-9-10-18-44(43)37-49/h3-11,13-19,21-42H,12,20H2,1-2H3. The minimum atomic E-state index is -0.170. The fourth-order valence-electron chi connectivity index (χ4n) is 12.1. The summed E-state index contributed by atoms with van der Waals surface area (Å²) in [6.07, 6.45) is 6.82. The lowest BCUT2D eigenvalue weighted by Crippen LogP contribution is -2.17. The monoisotopic (exact) mass is 996 g/mol. The van der Waals surface area contributed by atoms with Crippen molar-refractivity contribution in [1.29, 1.82) is 0 Å². The fraction of sp³-hybridized carbons (Fsp3) is 0.0725. The van der Waals surface area contributed by atoms with E-state index in [1.165, 1.54) is 44.2 Å². The Kier molecular flexibility index (Phi) is 10.1. The molecule has 75 heavy (non-hydrogen) atoms. The third kappa shape index (κ3) is 7.15. The Bertz CT molecular complexity index is 4410. The molecule has 0 bridgehead atoms. The van der Waals surface area contributed by atoms with E-state index in [2.05, 4.69) is 254 Å². The molecule has 0 atom stereocenters. The SMILES string of the molecule is CC1(C)c2cc(N(c3ccccc3)c3ccc4c(-c5nc6ccccc6s5)c5cc(N(c6ccccc6)c6ccc7ccccc7c6)ccc5c(-c5nc6ccccc6s5)c4c3)ccc2-c2cc3c(cc21)CCC=C3. The maximum Gasteiger partial charge on any atom is 0.125 e. The van der Waals surface area contributed by atoms with E-state index in [9.17, 15) is 0 Å². The molecule has 0 saturated carbocycles. The normalized spacial score (nSPS) is 13.4. The number of thiazole rings is 2. The quantitative estimate of drug-likeness (QED) is 0.142. The summed E-state index contributed by atoms with van der Waals surface area (Å²) < 4.78 is 2.32. The Morgan fingerprint density at radius 3 is 1.53 bits per heavy atom. The van der Waals surface area contributed by atoms with E-state index in [0.717, 1.165) is 110 Å². The molecule has 0 saturated heterocycles. The predicted octanol–water partition coefficient (Wildman–Crippen LogP) is 19.9. The molecule has 0 aliphatic heterocycles. The summed E-state index contributed by atoms with van der Waals surface area (Å²) in [5, 5.41) is 8.90. The average Bonchev–Trinajstić information content (AvgIpc) is 4.24. The zero-order valence-electron chi connectivity index (χ0n) is 41.5. The first-order valence-electron chi connectivity index (χ1n) is 25.8. The van der Waals surface area contributed by atoms with Gasteiger partial charge in [0, 0.05) is 50.7 Å². The van der Waals surface area contributed by atoms with Crippen molar-refractivity contribution in [2.24, 2.45) is 0 Å². The molecule has 11 aromatic carbocycles. The molecule has 15 rings (SSSR count). The lowest BCUT2D eigenvalue weighted by molar-refractivity contribution is 0.659. The van der Waals surface area contributed by atoms with Crippen molar-refractivity contribution < 1.29 is 0 Å². The van der Waals surface area contributed by atoms with Crippen molar-refractivity contribution in [1.82, 2.24) is 9.97 Å². The van der Waals surface area contributed by atoms with Crippen LogP contribution in [-0.2, 0) is 11.8 Å². The minimum Gasteiger partial charge on any atom is -0.310 e. The zero-order chi connectivity index (χ0) is 49.8. The van der Waals surface area contributed by atoms with Crippen LogP contribution in [0.2, 0.25) is 0 Å². The Morgan fingerprint density at radius 1 is 0.413 bits per heavy atom. The van der Waals surface area contributed by atoms with Crippen LogP contribution in [0.25, 0.3) is 91.1 Å². The summed E-state index contributed by atoms with van der Waals surface area (Å²) in [5.41, 5.74) is 18.8. The van der Waals surface area contributed by atoms with Gasteiger partial charge in [-0.15, -0.1) is 22.7 Å². The summed E-state index contributed by atoms with van der Waals surface area (Å²) >= 11 is 3.52. The van der Waals surface area contributed by atoms with E-state index in [-0.39, 0.29) is 5.41 Å². The van der Waals surface area contributed by atoms with Crippen LogP contribution in [0.5, 0.6) is 0 Å². The number of rotatable bonds is 8. The fourth-order valence-corrected chi connectivity index (χ4v) is 14.1. The molecule has 2 aliphatic rings. The van der Waals surface area contributed by atoms with Gasteiger partial charge in [-0.2, -0.15) is 0 Å². The van der Waals surface area contributed by atoms with Crippen molar-refractivity contribution in [2.45, 2.75) is 32.1 Å². The molecule has 4 nitrogen and oxygen atoms in total. The van der Waals surface area contributed by atoms with Gasteiger partial charge in [-0.05, 0) is 182 Å². The molecular weight excluding hydrogens is 949 g/mol. The number of nitrogens with zero attached hydrogens (tertiary/aromatic N) is 4. The third-order valence-corrected chi connectivity index (χ3v) is 17.8. The molecule has 6 heteroatoms. The number of aryl methyl sites for hydroxylation is 1. The zero-order valence-corrected chi connectivity index (χ0v) is 43.1. The highest BCUT2D eigenvalue weighted by atomic mass is 32.1. The van der Waals surface area contributed by atoms with Gasteiger partial charge in [-0.25, -0.2) is 9.97 Å². The molecule has 0 spiro atoms. The second-order valence-corrected chi connectivity index (χ2v) is 22.5. The molecule has 356 valence electrons. The van der Waals surface area contributed by atoms with Crippen molar-refractivity contribution >= 4 is 116 Å². The first kappa shape index (κ1) is 43.9. The minimum absolute atomic E-state index is 0.170. The molecule has 2 aliphatic carbocycles. The summed E-state index contributed by atoms with van der Waals surface area (Å²) in [7, 11) is 0.